The summed E-state index contributed by atoms with van der Waals surface area (Å²) in [5, 5.41) is 10.7. The van der Waals surface area contributed by atoms with Gasteiger partial charge in [0.05, 0.1) is 11.9 Å². The molecule has 4 rings (SSSR count). The van der Waals surface area contributed by atoms with Gasteiger partial charge in [-0.2, -0.15) is 5.10 Å². The second-order valence-corrected chi connectivity index (χ2v) is 6.30. The SMILES string of the molecule is CC(NCc1cnn(-c2ccccc2)c1)c1cccc2ccccc12. The van der Waals surface area contributed by atoms with Crippen molar-refractivity contribution in [3.63, 3.8) is 0 Å². The molecule has 124 valence electrons. The summed E-state index contributed by atoms with van der Waals surface area (Å²) in [6.07, 6.45) is 4.01. The summed E-state index contributed by atoms with van der Waals surface area (Å²) in [4.78, 5) is 0. The lowest BCUT2D eigenvalue weighted by molar-refractivity contribution is 0.578. The number of aromatic nitrogens is 2. The van der Waals surface area contributed by atoms with E-state index in [0.29, 0.717) is 0 Å². The molecule has 0 amide bonds. The molecule has 0 radical (unpaired) electrons. The van der Waals surface area contributed by atoms with Gasteiger partial charge in [-0.15, -0.1) is 0 Å². The van der Waals surface area contributed by atoms with E-state index in [1.807, 2.05) is 29.1 Å². The largest absolute Gasteiger partial charge is 0.306 e. The molecule has 1 heterocycles. The molecule has 0 aliphatic carbocycles. The maximum Gasteiger partial charge on any atom is 0.0645 e. The summed E-state index contributed by atoms with van der Waals surface area (Å²) >= 11 is 0. The minimum Gasteiger partial charge on any atom is -0.306 e. The molecule has 1 unspecified atom stereocenters. The topological polar surface area (TPSA) is 29.9 Å². The third kappa shape index (κ3) is 3.32. The molecule has 3 nitrogen and oxygen atoms in total. The van der Waals surface area contributed by atoms with Crippen molar-refractivity contribution in [3.05, 3.63) is 96.3 Å². The van der Waals surface area contributed by atoms with Gasteiger partial charge in [0.15, 0.2) is 0 Å². The summed E-state index contributed by atoms with van der Waals surface area (Å²) in [6, 6.07) is 25.5. The summed E-state index contributed by atoms with van der Waals surface area (Å²) in [6.45, 7) is 3.00. The zero-order chi connectivity index (χ0) is 17.1. The number of nitrogens with zero attached hydrogens (tertiary/aromatic N) is 2. The van der Waals surface area contributed by atoms with E-state index in [1.165, 1.54) is 21.9 Å². The van der Waals surface area contributed by atoms with Gasteiger partial charge in [0.2, 0.25) is 0 Å². The fraction of sp³-hybridized carbons (Fsp3) is 0.136. The molecule has 0 saturated carbocycles. The van der Waals surface area contributed by atoms with Crippen LogP contribution < -0.4 is 5.32 Å². The van der Waals surface area contributed by atoms with Gasteiger partial charge in [-0.25, -0.2) is 4.68 Å². The maximum atomic E-state index is 4.46. The highest BCUT2D eigenvalue weighted by Gasteiger charge is 2.09. The van der Waals surface area contributed by atoms with Crippen LogP contribution in [0.1, 0.15) is 24.1 Å². The smallest absolute Gasteiger partial charge is 0.0645 e. The first-order valence-corrected chi connectivity index (χ1v) is 8.61. The predicted molar refractivity (Wildman–Crippen MR) is 103 cm³/mol. The number of benzene rings is 3. The molecule has 0 aliphatic rings. The molecule has 25 heavy (non-hydrogen) atoms. The fourth-order valence-electron chi connectivity index (χ4n) is 3.18. The quantitative estimate of drug-likeness (QED) is 0.566. The van der Waals surface area contributed by atoms with Crippen molar-refractivity contribution in [1.82, 2.24) is 15.1 Å². The van der Waals surface area contributed by atoms with E-state index in [9.17, 15) is 0 Å². The molecule has 3 aromatic carbocycles. The summed E-state index contributed by atoms with van der Waals surface area (Å²) < 4.78 is 1.92. The summed E-state index contributed by atoms with van der Waals surface area (Å²) in [7, 11) is 0. The van der Waals surface area contributed by atoms with Crippen molar-refractivity contribution in [2.75, 3.05) is 0 Å². The Labute approximate surface area is 147 Å². The van der Waals surface area contributed by atoms with Crippen LogP contribution in [0, 0.1) is 0 Å². The molecule has 3 heteroatoms. The normalized spacial score (nSPS) is 12.4. The lowest BCUT2D eigenvalue weighted by Gasteiger charge is -2.16. The molecule has 1 aromatic heterocycles. The third-order valence-electron chi connectivity index (χ3n) is 4.56. The van der Waals surface area contributed by atoms with Gasteiger partial charge in [0.1, 0.15) is 0 Å². The minimum atomic E-state index is 0.270. The van der Waals surface area contributed by atoms with Crippen molar-refractivity contribution in [2.45, 2.75) is 19.5 Å². The van der Waals surface area contributed by atoms with E-state index in [2.05, 4.69) is 78.1 Å². The van der Waals surface area contributed by atoms with Gasteiger partial charge in [-0.1, -0.05) is 60.7 Å². The summed E-state index contributed by atoms with van der Waals surface area (Å²) in [5.74, 6) is 0. The Morgan fingerprint density at radius 2 is 1.68 bits per heavy atom. The van der Waals surface area contributed by atoms with Crippen LogP contribution in [0.25, 0.3) is 16.5 Å². The van der Waals surface area contributed by atoms with E-state index < -0.39 is 0 Å². The number of nitrogens with one attached hydrogen (secondary N) is 1. The number of rotatable bonds is 5. The van der Waals surface area contributed by atoms with Crippen molar-refractivity contribution in [2.24, 2.45) is 0 Å². The fourth-order valence-corrected chi connectivity index (χ4v) is 3.18. The van der Waals surface area contributed by atoms with Gasteiger partial charge in [-0.05, 0) is 35.4 Å². The average molecular weight is 327 g/mol. The van der Waals surface area contributed by atoms with E-state index in [0.717, 1.165) is 12.2 Å². The molecular weight excluding hydrogens is 306 g/mol. The standard InChI is InChI=1S/C22H21N3/c1-17(21-13-7-9-19-8-5-6-12-22(19)21)23-14-18-15-24-25(16-18)20-10-3-2-4-11-20/h2-13,15-17,23H,14H2,1H3. The Balaban J connectivity index is 1.49. The van der Waals surface area contributed by atoms with Crippen molar-refractivity contribution < 1.29 is 0 Å². The van der Waals surface area contributed by atoms with Crippen LogP contribution in [-0.2, 0) is 6.54 Å². The van der Waals surface area contributed by atoms with E-state index in [1.54, 1.807) is 0 Å². The van der Waals surface area contributed by atoms with Crippen molar-refractivity contribution in [1.29, 1.82) is 0 Å². The van der Waals surface area contributed by atoms with Gasteiger partial charge in [0.25, 0.3) is 0 Å². The first-order valence-electron chi connectivity index (χ1n) is 8.61. The highest BCUT2D eigenvalue weighted by molar-refractivity contribution is 5.86. The second-order valence-electron chi connectivity index (χ2n) is 6.30. The molecule has 0 saturated heterocycles. The van der Waals surface area contributed by atoms with Gasteiger partial charge in [0, 0.05) is 24.3 Å². The minimum absolute atomic E-state index is 0.270. The van der Waals surface area contributed by atoms with Crippen LogP contribution in [0.3, 0.4) is 0 Å². The molecule has 0 fully saturated rings. The van der Waals surface area contributed by atoms with Gasteiger partial charge in [-0.3, -0.25) is 0 Å². The molecular formula is C22H21N3. The number of fused-ring (bicyclic) bond motifs is 1. The molecule has 0 bridgehead atoms. The highest BCUT2D eigenvalue weighted by atomic mass is 15.3. The average Bonchev–Trinajstić information content (AvgIpc) is 3.15. The Bertz CT molecular complexity index is 967. The lowest BCUT2D eigenvalue weighted by atomic mass is 9.99. The van der Waals surface area contributed by atoms with Crippen LogP contribution in [0.5, 0.6) is 0 Å². The molecule has 1 atom stereocenters. The number of hydrogen-bond donors (Lipinski definition) is 1. The number of para-hydroxylation sites is 1. The Kier molecular flexibility index (Phi) is 4.32. The maximum absolute atomic E-state index is 4.46. The van der Waals surface area contributed by atoms with Crippen LogP contribution >= 0.6 is 0 Å². The number of hydrogen-bond acceptors (Lipinski definition) is 2. The van der Waals surface area contributed by atoms with E-state index in [-0.39, 0.29) is 6.04 Å². The second kappa shape index (κ2) is 6.91. The Hall–Kier alpha value is -2.91. The van der Waals surface area contributed by atoms with Crippen molar-refractivity contribution >= 4 is 10.8 Å². The monoisotopic (exact) mass is 327 g/mol. The first-order chi connectivity index (χ1) is 12.3. The molecule has 0 spiro atoms. The summed E-state index contributed by atoms with van der Waals surface area (Å²) in [5.41, 5.74) is 3.58. The Morgan fingerprint density at radius 3 is 2.56 bits per heavy atom. The van der Waals surface area contributed by atoms with Crippen LogP contribution in [0.2, 0.25) is 0 Å². The van der Waals surface area contributed by atoms with Gasteiger partial charge >= 0.3 is 0 Å². The third-order valence-corrected chi connectivity index (χ3v) is 4.56. The van der Waals surface area contributed by atoms with Gasteiger partial charge < -0.3 is 5.32 Å². The van der Waals surface area contributed by atoms with Crippen LogP contribution in [0.15, 0.2) is 85.2 Å². The Morgan fingerprint density at radius 1 is 0.920 bits per heavy atom. The van der Waals surface area contributed by atoms with Crippen molar-refractivity contribution in [3.8, 4) is 5.69 Å². The highest BCUT2D eigenvalue weighted by Crippen LogP contribution is 2.24. The molecule has 0 aliphatic heterocycles. The zero-order valence-corrected chi connectivity index (χ0v) is 14.3. The predicted octanol–water partition coefficient (Wildman–Crippen LogP) is 4.88. The van der Waals surface area contributed by atoms with E-state index in [4.69, 9.17) is 0 Å². The first kappa shape index (κ1) is 15.6. The van der Waals surface area contributed by atoms with Crippen LogP contribution in [0.4, 0.5) is 0 Å². The van der Waals surface area contributed by atoms with E-state index >= 15 is 0 Å². The van der Waals surface area contributed by atoms with Crippen LogP contribution in [-0.4, -0.2) is 9.78 Å². The lowest BCUT2D eigenvalue weighted by Crippen LogP contribution is -2.18. The molecule has 4 aromatic rings. The molecule has 1 N–H and O–H groups in total. The zero-order valence-electron chi connectivity index (χ0n) is 14.3.